The number of hydrogen-bond donors (Lipinski definition) is 0. The van der Waals surface area contributed by atoms with Gasteiger partial charge in [0.1, 0.15) is 5.54 Å². The van der Waals surface area contributed by atoms with Crippen molar-refractivity contribution in [3.63, 3.8) is 0 Å². The quantitative estimate of drug-likeness (QED) is 0.144. The van der Waals surface area contributed by atoms with Gasteiger partial charge in [-0.2, -0.15) is 18.4 Å². The molecule has 2 fully saturated rings. The number of methoxy groups -OCH3 is 1. The van der Waals surface area contributed by atoms with Crippen LogP contribution in [0.3, 0.4) is 0 Å². The van der Waals surface area contributed by atoms with Crippen LogP contribution in [0.15, 0.2) is 42.5 Å². The van der Waals surface area contributed by atoms with Crippen LogP contribution in [0, 0.1) is 278 Å². The summed E-state index contributed by atoms with van der Waals surface area (Å²) in [5.41, 5.74) is -0.891. The summed E-state index contributed by atoms with van der Waals surface area (Å²) in [6.07, 6.45) is -1.25. The van der Waals surface area contributed by atoms with E-state index in [0.29, 0.717) is 37.8 Å². The molecule has 0 N–H and O–H groups in total. The number of amides is 1. The van der Waals surface area contributed by atoms with Gasteiger partial charge in [0.2, 0.25) is 0 Å². The first-order chi connectivity index (χ1) is 40.0. The number of nitrogens with zero attached hydrogens (tertiary/aromatic N) is 4. The average Bonchev–Trinajstić information content (AvgIpc) is 3.82. The molecule has 374 valence electrons. The molecule has 1 saturated carbocycles. The van der Waals surface area contributed by atoms with E-state index in [1.165, 1.54) is 13.2 Å². The number of carbonyl (C=O) groups is 2. The lowest BCUT2D eigenvalue weighted by Crippen LogP contribution is -2.55. The van der Waals surface area contributed by atoms with Gasteiger partial charge in [-0.05, 0) is 128 Å². The van der Waals surface area contributed by atoms with Crippen LogP contribution in [0.25, 0.3) is 4.85 Å². The Morgan fingerprint density at radius 1 is 0.585 bits per heavy atom. The highest BCUT2D eigenvalue weighted by molar-refractivity contribution is 7.81. The van der Waals surface area contributed by atoms with Gasteiger partial charge in [0.15, 0.2) is 16.9 Å². The third-order valence-corrected chi connectivity index (χ3v) is 9.70. The largest absolute Gasteiger partial charge is 0.469 e. The Balaban J connectivity index is 0.000000446. The predicted octanol–water partition coefficient (Wildman–Crippen LogP) is 6.42. The zero-order valence-corrected chi connectivity index (χ0v) is 43.7. The fourth-order valence-corrected chi connectivity index (χ4v) is 6.39. The smallest absolute Gasteiger partial charge is 0.407 e. The van der Waals surface area contributed by atoms with Gasteiger partial charge < -0.3 is 9.64 Å². The van der Waals surface area contributed by atoms with E-state index in [2.05, 4.69) is 270 Å². The summed E-state index contributed by atoms with van der Waals surface area (Å²) in [4.78, 5) is 30.7. The molecule has 0 atom stereocenters. The second-order valence-electron chi connectivity index (χ2n) is 14.3. The Kier molecular flexibility index (Phi) is 29.0. The Hall–Kier alpha value is -13.6. The van der Waals surface area contributed by atoms with E-state index in [0.717, 1.165) is 29.0 Å². The summed E-state index contributed by atoms with van der Waals surface area (Å²) >= 11 is 5.63. The molecule has 1 spiro atoms. The normalized spacial score (nSPS) is 9.45. The van der Waals surface area contributed by atoms with Crippen LogP contribution in [0.4, 0.5) is 30.2 Å². The molecule has 0 unspecified atom stereocenters. The van der Waals surface area contributed by atoms with Crippen molar-refractivity contribution < 1.29 is 27.5 Å². The molecule has 7 nitrogen and oxygen atoms in total. The van der Waals surface area contributed by atoms with Gasteiger partial charge in [0.25, 0.3) is 5.91 Å². The minimum Gasteiger partial charge on any atom is -0.469 e. The number of hydrogen-bond acceptors (Lipinski definition) is 5. The Bertz CT molecular complexity index is 4580. The summed E-state index contributed by atoms with van der Waals surface area (Å²) in [7, 11) is 1.35. The lowest BCUT2D eigenvalue weighted by molar-refractivity contribution is -0.140. The molecular formula is C71H25F3N4O3S. The molecule has 0 aromatic heterocycles. The highest BCUT2D eigenvalue weighted by atomic mass is 32.1. The molecule has 0 radical (unpaired) electrons. The van der Waals surface area contributed by atoms with Gasteiger partial charge in [-0.15, -0.1) is 0 Å². The van der Waals surface area contributed by atoms with Gasteiger partial charge in [0, 0.05) is 225 Å². The topological polar surface area (TPSA) is 78.0 Å². The fourth-order valence-electron chi connectivity index (χ4n) is 5.92. The number of anilines is 2. The summed E-state index contributed by atoms with van der Waals surface area (Å²) in [5.74, 6) is 108. The van der Waals surface area contributed by atoms with Gasteiger partial charge in [-0.1, -0.05) is 24.1 Å². The van der Waals surface area contributed by atoms with Crippen molar-refractivity contribution in [1.29, 1.82) is 5.26 Å². The predicted molar refractivity (Wildman–Crippen MR) is 311 cm³/mol. The van der Waals surface area contributed by atoms with Crippen molar-refractivity contribution >= 4 is 46.3 Å². The maximum absolute atomic E-state index is 13.5. The monoisotopic (exact) mass is 1070 g/mol. The van der Waals surface area contributed by atoms with Crippen LogP contribution in [-0.2, 0) is 26.9 Å². The number of esters is 1. The van der Waals surface area contributed by atoms with Crippen molar-refractivity contribution in [1.82, 2.24) is 0 Å². The molecule has 1 heterocycles. The van der Waals surface area contributed by atoms with Crippen molar-refractivity contribution in [2.24, 2.45) is 0 Å². The van der Waals surface area contributed by atoms with E-state index in [1.54, 1.807) is 17.9 Å². The molecule has 0 bridgehead atoms. The number of rotatable bonds is 6. The molecule has 82 heavy (non-hydrogen) atoms. The zero-order valence-electron chi connectivity index (χ0n) is 42.8. The number of aryl methyl sites for hydroxylation is 1. The summed E-state index contributed by atoms with van der Waals surface area (Å²) in [6, 6.07) is 12.3. The number of carbonyl (C=O) groups excluding carboxylic acids is 2. The lowest BCUT2D eigenvalue weighted by Gasteiger charge is -2.43. The van der Waals surface area contributed by atoms with Crippen molar-refractivity contribution in [3.05, 3.63) is 65.0 Å². The number of thiocarbonyl (C=S) groups is 1. The summed E-state index contributed by atoms with van der Waals surface area (Å²) < 4.78 is 45.3. The Morgan fingerprint density at radius 2 is 0.927 bits per heavy atom. The number of nitriles is 1. The van der Waals surface area contributed by atoms with Crippen molar-refractivity contribution in [3.8, 4) is 267 Å². The van der Waals surface area contributed by atoms with Gasteiger partial charge in [-0.25, -0.2) is 4.85 Å². The van der Waals surface area contributed by atoms with E-state index in [9.17, 15) is 22.8 Å². The fraction of sp³-hybridized carbons (Fsp3) is 0.141. The first kappa shape index (κ1) is 62.7. The number of halogens is 3. The molecule has 2 aromatic carbocycles. The van der Waals surface area contributed by atoms with E-state index in [-0.39, 0.29) is 22.7 Å². The van der Waals surface area contributed by atoms with Crippen LogP contribution in [0.1, 0.15) is 50.2 Å². The summed E-state index contributed by atoms with van der Waals surface area (Å²) in [6.45, 7) is 8.73. The zero-order chi connectivity index (χ0) is 59.2. The molecule has 11 heteroatoms. The maximum Gasteiger partial charge on any atom is 0.407 e. The second kappa shape index (κ2) is 38.0. The number of benzene rings is 2. The van der Waals surface area contributed by atoms with Gasteiger partial charge >= 0.3 is 12.1 Å². The van der Waals surface area contributed by atoms with E-state index in [4.69, 9.17) is 24.1 Å². The second-order valence-corrected chi connectivity index (χ2v) is 14.7. The Labute approximate surface area is 482 Å². The molecule has 1 aliphatic carbocycles. The SMILES string of the molecule is CC#CC#CC#CC#CC#CC#CC#CC#CC#CC#CC#CC#CC#CC#CC#CC#CC#CC#CC#CC#CC#CC#CC#N.[C-]#[N+]c1ccc(N2C(=O)C3(CCC3)N(c3ccc(CCCC(=O)OC)cc3)C2=S)cc1C(F)(F)F. The highest BCUT2D eigenvalue weighted by Crippen LogP contribution is 2.49. The Morgan fingerprint density at radius 3 is 1.22 bits per heavy atom. The molecule has 1 aliphatic heterocycles. The minimum atomic E-state index is -4.74. The molecule has 2 aliphatic rings. The van der Waals surface area contributed by atoms with Gasteiger partial charge in [0.05, 0.1) is 19.2 Å². The van der Waals surface area contributed by atoms with E-state index in [1.807, 2.05) is 24.3 Å². The van der Waals surface area contributed by atoms with Crippen LogP contribution in [0.2, 0.25) is 0 Å². The third-order valence-electron chi connectivity index (χ3n) is 9.33. The van der Waals surface area contributed by atoms with Crippen LogP contribution in [-0.4, -0.2) is 29.6 Å². The third kappa shape index (κ3) is 23.7. The molecule has 1 saturated heterocycles. The molecule has 1 amide bonds. The number of ether oxygens (including phenoxy) is 1. The van der Waals surface area contributed by atoms with Gasteiger partial charge in [-0.3, -0.25) is 14.5 Å². The van der Waals surface area contributed by atoms with Crippen LogP contribution in [0.5, 0.6) is 0 Å². The minimum absolute atomic E-state index is 0.00655. The average molecular weight is 1070 g/mol. The summed E-state index contributed by atoms with van der Waals surface area (Å²) in [5, 5.41) is 8.29. The first-order valence-corrected chi connectivity index (χ1v) is 23.2. The molecule has 2 aromatic rings. The highest BCUT2D eigenvalue weighted by Gasteiger charge is 2.59. The van der Waals surface area contributed by atoms with E-state index >= 15 is 0 Å². The van der Waals surface area contributed by atoms with Crippen molar-refractivity contribution in [2.75, 3.05) is 16.9 Å². The van der Waals surface area contributed by atoms with E-state index < -0.39 is 23.0 Å². The maximum atomic E-state index is 13.5. The standard InChI is InChI=1S/C46H3N.C25H22F3N3O3S/c1-2-3-4-5-6-7-8-9-10-11-12-13-14-15-16-17-18-19-20-21-22-23-24-25-26-27-28-29-30-31-32-33-34-35-36-37-38-39-40-41-42-43-44-45-46-47;1-29-20-12-11-18(15-19(20)25(26,27)28)30-22(33)24(13-4-14-24)31(23(30)35)17-9-7-16(8-10-17)5-3-6-21(32)34-2/h1H3;7-12,15H,3-6,13-14H2,2H3. The van der Waals surface area contributed by atoms with Crippen LogP contribution >= 0.6 is 12.2 Å². The molecular weight excluding hydrogens is 1050 g/mol. The van der Waals surface area contributed by atoms with Crippen LogP contribution < -0.4 is 9.80 Å². The van der Waals surface area contributed by atoms with Crippen molar-refractivity contribution in [2.45, 2.75) is 57.2 Å². The lowest BCUT2D eigenvalue weighted by atomic mass is 9.75. The first-order valence-electron chi connectivity index (χ1n) is 22.8. The molecule has 4 rings (SSSR count). The number of alkyl halides is 3.